The molecular weight excluding hydrogens is 282 g/mol. The second kappa shape index (κ2) is 5.64. The number of aryl methyl sites for hydroxylation is 3. The van der Waals surface area contributed by atoms with Crippen LogP contribution < -0.4 is 0 Å². The van der Waals surface area contributed by atoms with Crippen LogP contribution in [-0.4, -0.2) is 33.4 Å². The lowest BCUT2D eigenvalue weighted by molar-refractivity contribution is 0.0708. The Hall–Kier alpha value is -1.62. The van der Waals surface area contributed by atoms with Gasteiger partial charge in [-0.2, -0.15) is 0 Å². The summed E-state index contributed by atoms with van der Waals surface area (Å²) in [6, 6.07) is 2.02. The lowest BCUT2D eigenvalue weighted by Gasteiger charge is -2.32. The molecule has 1 amide bonds. The minimum absolute atomic E-state index is 0.179. The zero-order valence-electron chi connectivity index (χ0n) is 12.8. The van der Waals surface area contributed by atoms with Crippen molar-refractivity contribution in [2.75, 3.05) is 13.1 Å². The Balaban J connectivity index is 1.79. The van der Waals surface area contributed by atoms with Crippen molar-refractivity contribution in [1.29, 1.82) is 0 Å². The van der Waals surface area contributed by atoms with E-state index in [2.05, 4.69) is 15.7 Å². The zero-order chi connectivity index (χ0) is 15.0. The number of likely N-dealkylation sites (tertiary alicyclic amines) is 1. The molecule has 112 valence electrons. The van der Waals surface area contributed by atoms with Gasteiger partial charge in [-0.1, -0.05) is 0 Å². The summed E-state index contributed by atoms with van der Waals surface area (Å²) in [5.41, 5.74) is 2.13. The quantitative estimate of drug-likeness (QED) is 0.855. The van der Waals surface area contributed by atoms with Crippen LogP contribution in [0.1, 0.15) is 45.5 Å². The number of hydrogen-bond acceptors (Lipinski definition) is 3. The van der Waals surface area contributed by atoms with E-state index in [1.807, 2.05) is 37.2 Å². The molecule has 1 atom stereocenters. The van der Waals surface area contributed by atoms with Gasteiger partial charge in [0.1, 0.15) is 5.82 Å². The Morgan fingerprint density at radius 1 is 1.43 bits per heavy atom. The number of rotatable bonds is 2. The van der Waals surface area contributed by atoms with Gasteiger partial charge in [0.25, 0.3) is 5.91 Å². The summed E-state index contributed by atoms with van der Waals surface area (Å²) < 4.78 is 2.10. The standard InChI is InChI=1S/C16H21N3OS/c1-11-6-8-21-14(11)16(20)19-7-4-5-13(10-19)15-17-12(2)9-18(15)3/h6,8-9,13H,4-5,7,10H2,1-3H3. The van der Waals surface area contributed by atoms with Gasteiger partial charge < -0.3 is 9.47 Å². The van der Waals surface area contributed by atoms with Gasteiger partial charge in [-0.05, 0) is 43.7 Å². The van der Waals surface area contributed by atoms with E-state index in [9.17, 15) is 4.79 Å². The highest BCUT2D eigenvalue weighted by atomic mass is 32.1. The summed E-state index contributed by atoms with van der Waals surface area (Å²) >= 11 is 1.54. The lowest BCUT2D eigenvalue weighted by Crippen LogP contribution is -2.39. The normalized spacial score (nSPS) is 19.0. The van der Waals surface area contributed by atoms with Gasteiger partial charge >= 0.3 is 0 Å². The molecule has 1 aliphatic rings. The molecule has 4 nitrogen and oxygen atoms in total. The van der Waals surface area contributed by atoms with Crippen LogP contribution in [0.2, 0.25) is 0 Å². The number of imidazole rings is 1. The van der Waals surface area contributed by atoms with Crippen LogP contribution in [0.5, 0.6) is 0 Å². The molecule has 21 heavy (non-hydrogen) atoms. The van der Waals surface area contributed by atoms with Gasteiger partial charge in [0.05, 0.1) is 10.6 Å². The van der Waals surface area contributed by atoms with Crippen LogP contribution in [0, 0.1) is 13.8 Å². The summed E-state index contributed by atoms with van der Waals surface area (Å²) in [5.74, 6) is 1.63. The Kier molecular flexibility index (Phi) is 3.85. The maximum Gasteiger partial charge on any atom is 0.264 e. The first kappa shape index (κ1) is 14.3. The predicted molar refractivity (Wildman–Crippen MR) is 84.9 cm³/mol. The van der Waals surface area contributed by atoms with Gasteiger partial charge in [0.15, 0.2) is 0 Å². The topological polar surface area (TPSA) is 38.1 Å². The van der Waals surface area contributed by atoms with E-state index in [0.29, 0.717) is 5.92 Å². The Labute approximate surface area is 129 Å². The summed E-state index contributed by atoms with van der Waals surface area (Å²) in [4.78, 5) is 20.2. The van der Waals surface area contributed by atoms with Crippen LogP contribution in [0.15, 0.2) is 17.6 Å². The zero-order valence-corrected chi connectivity index (χ0v) is 13.6. The Morgan fingerprint density at radius 3 is 2.86 bits per heavy atom. The maximum atomic E-state index is 12.7. The molecule has 0 aliphatic carbocycles. The molecule has 1 saturated heterocycles. The van der Waals surface area contributed by atoms with Crippen molar-refractivity contribution >= 4 is 17.2 Å². The first-order chi connectivity index (χ1) is 10.1. The van der Waals surface area contributed by atoms with Crippen molar-refractivity contribution in [3.63, 3.8) is 0 Å². The van der Waals surface area contributed by atoms with Crippen LogP contribution in [0.25, 0.3) is 0 Å². The molecule has 2 aromatic rings. The largest absolute Gasteiger partial charge is 0.337 e. The van der Waals surface area contributed by atoms with Crippen molar-refractivity contribution in [3.05, 3.63) is 39.6 Å². The highest BCUT2D eigenvalue weighted by Crippen LogP contribution is 2.28. The number of carbonyl (C=O) groups is 1. The van der Waals surface area contributed by atoms with E-state index in [1.165, 1.54) is 0 Å². The summed E-state index contributed by atoms with van der Waals surface area (Å²) in [7, 11) is 2.04. The maximum absolute atomic E-state index is 12.7. The number of nitrogens with zero attached hydrogens (tertiary/aromatic N) is 3. The minimum Gasteiger partial charge on any atom is -0.337 e. The van der Waals surface area contributed by atoms with Crippen molar-refractivity contribution < 1.29 is 4.79 Å². The average molecular weight is 303 g/mol. The molecule has 0 saturated carbocycles. The second-order valence-electron chi connectivity index (χ2n) is 5.87. The highest BCUT2D eigenvalue weighted by Gasteiger charge is 2.28. The van der Waals surface area contributed by atoms with Crippen LogP contribution >= 0.6 is 11.3 Å². The molecule has 0 aromatic carbocycles. The monoisotopic (exact) mass is 303 g/mol. The van der Waals surface area contributed by atoms with Crippen LogP contribution in [0.4, 0.5) is 0 Å². The highest BCUT2D eigenvalue weighted by molar-refractivity contribution is 7.12. The van der Waals surface area contributed by atoms with Gasteiger partial charge in [-0.25, -0.2) is 4.98 Å². The number of piperidine rings is 1. The van der Waals surface area contributed by atoms with E-state index in [4.69, 9.17) is 0 Å². The molecule has 0 N–H and O–H groups in total. The fourth-order valence-electron chi connectivity index (χ4n) is 3.12. The van der Waals surface area contributed by atoms with E-state index in [0.717, 1.165) is 47.9 Å². The first-order valence-corrected chi connectivity index (χ1v) is 8.27. The number of amides is 1. The molecule has 5 heteroatoms. The van der Waals surface area contributed by atoms with E-state index in [-0.39, 0.29) is 5.91 Å². The van der Waals surface area contributed by atoms with Crippen LogP contribution in [-0.2, 0) is 7.05 Å². The van der Waals surface area contributed by atoms with Crippen LogP contribution in [0.3, 0.4) is 0 Å². The molecular formula is C16H21N3OS. The summed E-state index contributed by atoms with van der Waals surface area (Å²) in [5, 5.41) is 1.99. The second-order valence-corrected chi connectivity index (χ2v) is 6.79. The molecule has 1 unspecified atom stereocenters. The average Bonchev–Trinajstić information content (AvgIpc) is 3.03. The number of thiophene rings is 1. The molecule has 0 spiro atoms. The fraction of sp³-hybridized carbons (Fsp3) is 0.500. The Morgan fingerprint density at radius 2 is 2.24 bits per heavy atom. The minimum atomic E-state index is 0.179. The third kappa shape index (κ3) is 2.75. The van der Waals surface area contributed by atoms with Gasteiger partial charge in [-0.3, -0.25) is 4.79 Å². The molecule has 0 radical (unpaired) electrons. The van der Waals surface area contributed by atoms with Crippen molar-refractivity contribution in [1.82, 2.24) is 14.5 Å². The van der Waals surface area contributed by atoms with Crippen molar-refractivity contribution in [2.24, 2.45) is 7.05 Å². The Bertz CT molecular complexity index is 658. The van der Waals surface area contributed by atoms with E-state index in [1.54, 1.807) is 11.3 Å². The fourth-order valence-corrected chi connectivity index (χ4v) is 4.01. The first-order valence-electron chi connectivity index (χ1n) is 7.39. The van der Waals surface area contributed by atoms with Crippen molar-refractivity contribution in [2.45, 2.75) is 32.6 Å². The lowest BCUT2D eigenvalue weighted by atomic mass is 9.97. The summed E-state index contributed by atoms with van der Waals surface area (Å²) in [6.45, 7) is 5.66. The molecule has 0 bridgehead atoms. The summed E-state index contributed by atoms with van der Waals surface area (Å²) in [6.07, 6.45) is 4.21. The molecule has 2 aromatic heterocycles. The van der Waals surface area contributed by atoms with Gasteiger partial charge in [-0.15, -0.1) is 11.3 Å². The third-order valence-corrected chi connectivity index (χ3v) is 5.17. The molecule has 3 rings (SSSR count). The smallest absolute Gasteiger partial charge is 0.264 e. The molecule has 1 aliphatic heterocycles. The third-order valence-electron chi connectivity index (χ3n) is 4.16. The SMILES string of the molecule is Cc1cn(C)c(C2CCCN(C(=O)c3sccc3C)C2)n1. The molecule has 3 heterocycles. The van der Waals surface area contributed by atoms with Gasteiger partial charge in [0, 0.05) is 32.3 Å². The van der Waals surface area contributed by atoms with E-state index < -0.39 is 0 Å². The number of hydrogen-bond donors (Lipinski definition) is 0. The number of carbonyl (C=O) groups excluding carboxylic acids is 1. The molecule has 1 fully saturated rings. The van der Waals surface area contributed by atoms with Gasteiger partial charge in [0.2, 0.25) is 0 Å². The number of aromatic nitrogens is 2. The predicted octanol–water partition coefficient (Wildman–Crippen LogP) is 3.12. The van der Waals surface area contributed by atoms with Crippen molar-refractivity contribution in [3.8, 4) is 0 Å². The van der Waals surface area contributed by atoms with E-state index >= 15 is 0 Å².